The molecule has 4 rings (SSSR count). The molecule has 0 N–H and O–H groups in total. The van der Waals surface area contributed by atoms with Gasteiger partial charge >= 0.3 is 0 Å². The highest BCUT2D eigenvalue weighted by molar-refractivity contribution is 7.92. The Labute approximate surface area is 174 Å². The number of piperazine rings is 1. The molecule has 2 aromatic carbocycles. The predicted octanol–water partition coefficient (Wildman–Crippen LogP) is 3.27. The minimum Gasteiger partial charge on any atom is -0.367 e. The molecule has 2 heterocycles. The highest BCUT2D eigenvalue weighted by Gasteiger charge is 2.27. The normalized spacial score (nSPS) is 15.7. The number of fused-ring (bicyclic) bond motifs is 1. The average molecular weight is 424 g/mol. The molecular formula is C21H20N4O4S. The zero-order valence-electron chi connectivity index (χ0n) is 16.1. The molecule has 154 valence electrons. The lowest BCUT2D eigenvalue weighted by Gasteiger charge is -2.35. The fourth-order valence-electron chi connectivity index (χ4n) is 3.56. The lowest BCUT2D eigenvalue weighted by atomic mass is 10.1. The number of nitro groups is 1. The van der Waals surface area contributed by atoms with Gasteiger partial charge in [0.15, 0.2) is 0 Å². The van der Waals surface area contributed by atoms with Crippen molar-refractivity contribution in [1.29, 1.82) is 0 Å². The van der Waals surface area contributed by atoms with Gasteiger partial charge in [0.1, 0.15) is 5.52 Å². The fourth-order valence-corrected chi connectivity index (χ4v) is 4.73. The molecule has 3 aromatic rings. The van der Waals surface area contributed by atoms with E-state index in [0.29, 0.717) is 37.1 Å². The van der Waals surface area contributed by atoms with E-state index < -0.39 is 14.9 Å². The van der Waals surface area contributed by atoms with Crippen molar-refractivity contribution >= 4 is 38.4 Å². The van der Waals surface area contributed by atoms with Gasteiger partial charge in [0.05, 0.1) is 16.0 Å². The van der Waals surface area contributed by atoms with Crippen molar-refractivity contribution in [3.8, 4) is 0 Å². The monoisotopic (exact) mass is 424 g/mol. The minimum atomic E-state index is -3.53. The zero-order chi connectivity index (χ0) is 21.1. The third kappa shape index (κ3) is 4.03. The Hall–Kier alpha value is -3.30. The van der Waals surface area contributed by atoms with Crippen LogP contribution in [-0.4, -0.2) is 48.8 Å². The van der Waals surface area contributed by atoms with E-state index in [1.54, 1.807) is 30.5 Å². The van der Waals surface area contributed by atoms with Crippen molar-refractivity contribution in [2.45, 2.75) is 0 Å². The molecule has 30 heavy (non-hydrogen) atoms. The van der Waals surface area contributed by atoms with Crippen LogP contribution in [-0.2, 0) is 10.0 Å². The van der Waals surface area contributed by atoms with Gasteiger partial charge in [0.2, 0.25) is 10.0 Å². The highest BCUT2D eigenvalue weighted by atomic mass is 32.2. The Bertz CT molecular complexity index is 1200. The van der Waals surface area contributed by atoms with E-state index in [2.05, 4.69) is 4.98 Å². The maximum atomic E-state index is 12.7. The van der Waals surface area contributed by atoms with Crippen molar-refractivity contribution < 1.29 is 13.3 Å². The molecule has 1 aliphatic heterocycles. The average Bonchev–Trinajstić information content (AvgIpc) is 2.78. The predicted molar refractivity (Wildman–Crippen MR) is 117 cm³/mol. The van der Waals surface area contributed by atoms with Crippen LogP contribution < -0.4 is 4.90 Å². The molecule has 0 radical (unpaired) electrons. The lowest BCUT2D eigenvalue weighted by molar-refractivity contribution is -0.383. The third-order valence-electron chi connectivity index (χ3n) is 5.09. The summed E-state index contributed by atoms with van der Waals surface area (Å²) in [5.41, 5.74) is 2.15. The second-order valence-corrected chi connectivity index (χ2v) is 8.72. The Morgan fingerprint density at radius 2 is 1.70 bits per heavy atom. The molecule has 8 nitrogen and oxygen atoms in total. The van der Waals surface area contributed by atoms with E-state index in [1.807, 2.05) is 35.2 Å². The summed E-state index contributed by atoms with van der Waals surface area (Å²) in [6.07, 6.45) is 3.19. The summed E-state index contributed by atoms with van der Waals surface area (Å²) in [6.45, 7) is 1.60. The number of aromatic nitrogens is 1. The van der Waals surface area contributed by atoms with Crippen molar-refractivity contribution in [3.63, 3.8) is 0 Å². The molecule has 0 spiro atoms. The van der Waals surface area contributed by atoms with E-state index >= 15 is 0 Å². The number of anilines is 1. The Kier molecular flexibility index (Phi) is 5.47. The second-order valence-electron chi connectivity index (χ2n) is 6.90. The van der Waals surface area contributed by atoms with Crippen molar-refractivity contribution in [2.24, 2.45) is 0 Å². The number of non-ortho nitro benzene ring substituents is 1. The maximum absolute atomic E-state index is 12.7. The van der Waals surface area contributed by atoms with Gasteiger partial charge in [0.25, 0.3) is 5.69 Å². The van der Waals surface area contributed by atoms with Gasteiger partial charge in [0, 0.05) is 43.9 Å². The largest absolute Gasteiger partial charge is 0.367 e. The lowest BCUT2D eigenvalue weighted by Crippen LogP contribution is -2.48. The second kappa shape index (κ2) is 8.21. The van der Waals surface area contributed by atoms with Crippen LogP contribution in [0.2, 0.25) is 0 Å². The molecule has 1 fully saturated rings. The standard InChI is InChI=1S/C21H20N4O4S/c26-25(27)19-8-9-20(21-18(19)7-4-11-22-21)23-12-14-24(15-13-23)30(28,29)16-10-17-5-2-1-3-6-17/h1-11,16H,12-15H2. The van der Waals surface area contributed by atoms with Crippen molar-refractivity contribution in [2.75, 3.05) is 31.1 Å². The topological polar surface area (TPSA) is 96.6 Å². The first-order chi connectivity index (χ1) is 14.5. The van der Waals surface area contributed by atoms with Crippen molar-refractivity contribution in [3.05, 3.63) is 81.9 Å². The first-order valence-corrected chi connectivity index (χ1v) is 11.0. The van der Waals surface area contributed by atoms with Crippen LogP contribution in [0.5, 0.6) is 0 Å². The fraction of sp³-hybridized carbons (Fsp3) is 0.190. The molecule has 0 aliphatic carbocycles. The van der Waals surface area contributed by atoms with Gasteiger partial charge in [-0.15, -0.1) is 0 Å². The van der Waals surface area contributed by atoms with Crippen LogP contribution in [0.1, 0.15) is 5.56 Å². The summed E-state index contributed by atoms with van der Waals surface area (Å²) >= 11 is 0. The van der Waals surface area contributed by atoms with Crippen LogP contribution in [0.25, 0.3) is 17.0 Å². The van der Waals surface area contributed by atoms with Gasteiger partial charge < -0.3 is 4.90 Å². The van der Waals surface area contributed by atoms with Crippen LogP contribution in [0.15, 0.2) is 66.2 Å². The molecule has 0 unspecified atom stereocenters. The van der Waals surface area contributed by atoms with E-state index in [4.69, 9.17) is 0 Å². The molecule has 0 amide bonds. The first kappa shape index (κ1) is 20.0. The molecule has 9 heteroatoms. The van der Waals surface area contributed by atoms with Crippen LogP contribution in [0.4, 0.5) is 11.4 Å². The summed E-state index contributed by atoms with van der Waals surface area (Å²) < 4.78 is 26.8. The summed E-state index contributed by atoms with van der Waals surface area (Å²) in [5, 5.41) is 13.0. The van der Waals surface area contributed by atoms with E-state index in [1.165, 1.54) is 15.8 Å². The first-order valence-electron chi connectivity index (χ1n) is 9.46. The summed E-state index contributed by atoms with van der Waals surface area (Å²) in [7, 11) is -3.53. The molecule has 1 aliphatic rings. The third-order valence-corrected chi connectivity index (χ3v) is 6.66. The van der Waals surface area contributed by atoms with Gasteiger partial charge in [-0.2, -0.15) is 4.31 Å². The highest BCUT2D eigenvalue weighted by Crippen LogP contribution is 2.32. The summed E-state index contributed by atoms with van der Waals surface area (Å²) in [6, 6.07) is 15.8. The molecule has 1 saturated heterocycles. The van der Waals surface area contributed by atoms with Gasteiger partial charge in [-0.25, -0.2) is 8.42 Å². The Morgan fingerprint density at radius 3 is 2.40 bits per heavy atom. The molecule has 0 atom stereocenters. The van der Waals surface area contributed by atoms with Crippen LogP contribution in [0.3, 0.4) is 0 Å². The minimum absolute atomic E-state index is 0.00844. The molecular weight excluding hydrogens is 404 g/mol. The van der Waals surface area contributed by atoms with Crippen LogP contribution in [0, 0.1) is 10.1 Å². The number of nitrogens with zero attached hydrogens (tertiary/aromatic N) is 4. The van der Waals surface area contributed by atoms with Gasteiger partial charge in [-0.1, -0.05) is 30.3 Å². The van der Waals surface area contributed by atoms with Gasteiger partial charge in [-0.05, 0) is 29.8 Å². The number of hydrogen-bond acceptors (Lipinski definition) is 6. The molecule has 0 saturated carbocycles. The van der Waals surface area contributed by atoms with E-state index in [-0.39, 0.29) is 5.69 Å². The van der Waals surface area contributed by atoms with Gasteiger partial charge in [-0.3, -0.25) is 15.1 Å². The zero-order valence-corrected chi connectivity index (χ0v) is 16.9. The summed E-state index contributed by atoms with van der Waals surface area (Å²) in [5.74, 6) is 0. The maximum Gasteiger partial charge on any atom is 0.278 e. The number of sulfonamides is 1. The molecule has 0 bridgehead atoms. The molecule has 1 aromatic heterocycles. The quantitative estimate of drug-likeness (QED) is 0.461. The smallest absolute Gasteiger partial charge is 0.278 e. The number of nitro benzene ring substituents is 1. The Morgan fingerprint density at radius 1 is 0.967 bits per heavy atom. The van der Waals surface area contributed by atoms with E-state index in [9.17, 15) is 18.5 Å². The number of benzene rings is 2. The number of rotatable bonds is 5. The van der Waals surface area contributed by atoms with Crippen molar-refractivity contribution in [1.82, 2.24) is 9.29 Å². The number of pyridine rings is 1. The Balaban J connectivity index is 1.52. The van der Waals surface area contributed by atoms with Crippen LogP contribution >= 0.6 is 0 Å². The summed E-state index contributed by atoms with van der Waals surface area (Å²) in [4.78, 5) is 17.2. The SMILES string of the molecule is O=[N+]([O-])c1ccc(N2CCN(S(=O)(=O)C=Cc3ccccc3)CC2)c2ncccc12. The number of hydrogen-bond donors (Lipinski definition) is 0. The van der Waals surface area contributed by atoms with E-state index in [0.717, 1.165) is 11.3 Å².